The monoisotopic (exact) mass is 368 g/mol. The Morgan fingerprint density at radius 1 is 1.19 bits per heavy atom. The van der Waals surface area contributed by atoms with Crippen LogP contribution in [-0.4, -0.2) is 33.7 Å². The second-order valence-corrected chi connectivity index (χ2v) is 6.69. The molecule has 0 saturated heterocycles. The van der Waals surface area contributed by atoms with Gasteiger partial charge in [0.15, 0.2) is 17.3 Å². The molecule has 2 aromatic rings. The second kappa shape index (κ2) is 8.16. The molecule has 142 valence electrons. The topological polar surface area (TPSA) is 93.1 Å². The van der Waals surface area contributed by atoms with Crippen LogP contribution < -0.4 is 10.6 Å². The van der Waals surface area contributed by atoms with Gasteiger partial charge in [0.2, 0.25) is 0 Å². The lowest BCUT2D eigenvalue weighted by molar-refractivity contribution is 0.0937. The van der Waals surface area contributed by atoms with Crippen molar-refractivity contribution in [1.29, 1.82) is 0 Å². The van der Waals surface area contributed by atoms with E-state index in [9.17, 15) is 14.4 Å². The summed E-state index contributed by atoms with van der Waals surface area (Å²) in [5.74, 6) is -0.394. The molecule has 7 nitrogen and oxygen atoms in total. The molecule has 1 aliphatic rings. The highest BCUT2D eigenvalue weighted by Crippen LogP contribution is 2.22. The van der Waals surface area contributed by atoms with Crippen molar-refractivity contribution >= 4 is 23.3 Å². The number of fused-ring (bicyclic) bond motifs is 1. The Balaban J connectivity index is 1.88. The van der Waals surface area contributed by atoms with Gasteiger partial charge in [-0.05, 0) is 44.7 Å². The minimum Gasteiger partial charge on any atom is -0.349 e. The fourth-order valence-electron chi connectivity index (χ4n) is 3.22. The van der Waals surface area contributed by atoms with Gasteiger partial charge in [0, 0.05) is 24.3 Å². The maximum absolute atomic E-state index is 12.8. The van der Waals surface area contributed by atoms with Crippen molar-refractivity contribution in [1.82, 2.24) is 14.9 Å². The van der Waals surface area contributed by atoms with E-state index in [0.717, 1.165) is 25.0 Å². The van der Waals surface area contributed by atoms with Gasteiger partial charge in [-0.2, -0.15) is 0 Å². The summed E-state index contributed by atoms with van der Waals surface area (Å²) in [6.45, 7) is 4.72. The summed E-state index contributed by atoms with van der Waals surface area (Å²) in [4.78, 5) is 41.1. The van der Waals surface area contributed by atoms with Crippen molar-refractivity contribution in [2.75, 3.05) is 11.9 Å². The Morgan fingerprint density at radius 3 is 2.74 bits per heavy atom. The third kappa shape index (κ3) is 4.07. The van der Waals surface area contributed by atoms with Crippen LogP contribution in [0.5, 0.6) is 0 Å². The molecule has 1 aliphatic heterocycles. The van der Waals surface area contributed by atoms with E-state index in [2.05, 4.69) is 15.6 Å². The molecule has 1 aromatic carbocycles. The average Bonchev–Trinajstić information content (AvgIpc) is 3.06. The SMILES string of the molecule is CCCNC(=O)c1nc(C(=O)Nc2cccc(C(C)=O)c2)c2n1CCCC2. The number of nitrogens with one attached hydrogen (secondary N) is 2. The number of carbonyl (C=O) groups is 3. The molecule has 2 N–H and O–H groups in total. The van der Waals surface area contributed by atoms with Crippen LogP contribution in [0.3, 0.4) is 0 Å². The normalized spacial score (nSPS) is 13.0. The zero-order chi connectivity index (χ0) is 19.4. The van der Waals surface area contributed by atoms with Crippen LogP contribution in [-0.2, 0) is 13.0 Å². The van der Waals surface area contributed by atoms with Gasteiger partial charge < -0.3 is 15.2 Å². The largest absolute Gasteiger partial charge is 0.349 e. The highest BCUT2D eigenvalue weighted by atomic mass is 16.2. The fourth-order valence-corrected chi connectivity index (χ4v) is 3.22. The molecule has 0 aliphatic carbocycles. The smallest absolute Gasteiger partial charge is 0.287 e. The van der Waals surface area contributed by atoms with Gasteiger partial charge in [-0.15, -0.1) is 0 Å². The van der Waals surface area contributed by atoms with Gasteiger partial charge in [-0.25, -0.2) is 4.98 Å². The highest BCUT2D eigenvalue weighted by Gasteiger charge is 2.27. The van der Waals surface area contributed by atoms with E-state index in [1.54, 1.807) is 24.3 Å². The van der Waals surface area contributed by atoms with Crippen LogP contribution in [0, 0.1) is 0 Å². The van der Waals surface area contributed by atoms with E-state index in [-0.39, 0.29) is 23.3 Å². The van der Waals surface area contributed by atoms with Gasteiger partial charge in [0.1, 0.15) is 0 Å². The molecular formula is C20H24N4O3. The number of anilines is 1. The lowest BCUT2D eigenvalue weighted by Crippen LogP contribution is -2.28. The number of amides is 2. The lowest BCUT2D eigenvalue weighted by atomic mass is 10.1. The van der Waals surface area contributed by atoms with E-state index in [1.165, 1.54) is 6.92 Å². The first-order chi connectivity index (χ1) is 13.0. The fraction of sp³-hybridized carbons (Fsp3) is 0.400. The van der Waals surface area contributed by atoms with Crippen molar-refractivity contribution in [2.45, 2.75) is 46.1 Å². The molecule has 1 aromatic heterocycles. The molecule has 27 heavy (non-hydrogen) atoms. The molecule has 2 heterocycles. The third-order valence-electron chi connectivity index (χ3n) is 4.60. The number of benzene rings is 1. The van der Waals surface area contributed by atoms with Crippen LogP contribution in [0.1, 0.15) is 70.3 Å². The van der Waals surface area contributed by atoms with Gasteiger partial charge in [0.25, 0.3) is 11.8 Å². The van der Waals surface area contributed by atoms with E-state index in [4.69, 9.17) is 0 Å². The minimum absolute atomic E-state index is 0.0691. The number of hydrogen-bond donors (Lipinski definition) is 2. The predicted octanol–water partition coefficient (Wildman–Crippen LogP) is 2.81. The molecule has 0 fully saturated rings. The van der Waals surface area contributed by atoms with Gasteiger partial charge in [-0.3, -0.25) is 14.4 Å². The summed E-state index contributed by atoms with van der Waals surface area (Å²) in [6, 6.07) is 6.78. The minimum atomic E-state index is -0.365. The summed E-state index contributed by atoms with van der Waals surface area (Å²) in [5, 5.41) is 5.63. The number of ketones is 1. The summed E-state index contributed by atoms with van der Waals surface area (Å²) in [6.07, 6.45) is 3.46. The van der Waals surface area contributed by atoms with Crippen molar-refractivity contribution in [3.8, 4) is 0 Å². The van der Waals surface area contributed by atoms with Crippen molar-refractivity contribution in [3.63, 3.8) is 0 Å². The standard InChI is InChI=1S/C20H24N4O3/c1-3-10-21-20(27)18-23-17(16-9-4-5-11-24(16)18)19(26)22-15-8-6-7-14(12-15)13(2)25/h6-8,12H,3-5,9-11H2,1-2H3,(H,21,27)(H,22,26). The zero-order valence-electron chi connectivity index (χ0n) is 15.7. The van der Waals surface area contributed by atoms with Crippen LogP contribution >= 0.6 is 0 Å². The Morgan fingerprint density at radius 2 is 2.00 bits per heavy atom. The zero-order valence-corrected chi connectivity index (χ0v) is 15.7. The van der Waals surface area contributed by atoms with Crippen molar-refractivity contribution in [3.05, 3.63) is 47.0 Å². The first-order valence-corrected chi connectivity index (χ1v) is 9.31. The number of aromatic nitrogens is 2. The third-order valence-corrected chi connectivity index (χ3v) is 4.60. The first kappa shape index (κ1) is 18.8. The Bertz CT molecular complexity index is 885. The highest BCUT2D eigenvalue weighted by molar-refractivity contribution is 6.05. The van der Waals surface area contributed by atoms with Crippen LogP contribution in [0.25, 0.3) is 0 Å². The predicted molar refractivity (Wildman–Crippen MR) is 102 cm³/mol. The molecule has 7 heteroatoms. The molecule has 0 unspecified atom stereocenters. The quantitative estimate of drug-likeness (QED) is 0.767. The Hall–Kier alpha value is -2.96. The molecule has 0 radical (unpaired) electrons. The van der Waals surface area contributed by atoms with Crippen LogP contribution in [0.4, 0.5) is 5.69 Å². The molecule has 0 saturated carbocycles. The summed E-state index contributed by atoms with van der Waals surface area (Å²) in [5.41, 5.74) is 2.13. The number of nitrogens with zero attached hydrogens (tertiary/aromatic N) is 2. The molecule has 0 spiro atoms. The van der Waals surface area contributed by atoms with E-state index < -0.39 is 0 Å². The summed E-state index contributed by atoms with van der Waals surface area (Å²) in [7, 11) is 0. The van der Waals surface area contributed by atoms with E-state index in [1.807, 2.05) is 11.5 Å². The number of Topliss-reactive ketones (excluding diaryl/α,β-unsaturated/α-hetero) is 1. The van der Waals surface area contributed by atoms with Crippen LogP contribution in [0.2, 0.25) is 0 Å². The first-order valence-electron chi connectivity index (χ1n) is 9.31. The molecular weight excluding hydrogens is 344 g/mol. The van der Waals surface area contributed by atoms with E-state index >= 15 is 0 Å². The van der Waals surface area contributed by atoms with Gasteiger partial charge in [-0.1, -0.05) is 19.1 Å². The number of imidazole rings is 1. The Labute approximate surface area is 158 Å². The van der Waals surface area contributed by atoms with Crippen LogP contribution in [0.15, 0.2) is 24.3 Å². The number of hydrogen-bond acceptors (Lipinski definition) is 4. The lowest BCUT2D eigenvalue weighted by Gasteiger charge is -2.17. The van der Waals surface area contributed by atoms with Crippen molar-refractivity contribution < 1.29 is 14.4 Å². The number of rotatable bonds is 6. The Kier molecular flexibility index (Phi) is 5.69. The maximum Gasteiger partial charge on any atom is 0.287 e. The van der Waals surface area contributed by atoms with Gasteiger partial charge in [0.05, 0.1) is 5.69 Å². The van der Waals surface area contributed by atoms with E-state index in [0.29, 0.717) is 36.6 Å². The maximum atomic E-state index is 12.8. The summed E-state index contributed by atoms with van der Waals surface area (Å²) >= 11 is 0. The van der Waals surface area contributed by atoms with Gasteiger partial charge >= 0.3 is 0 Å². The molecule has 0 atom stereocenters. The average molecular weight is 368 g/mol. The second-order valence-electron chi connectivity index (χ2n) is 6.69. The molecule has 0 bridgehead atoms. The molecule has 3 rings (SSSR count). The number of carbonyl (C=O) groups excluding carboxylic acids is 3. The summed E-state index contributed by atoms with van der Waals surface area (Å²) < 4.78 is 1.86. The molecule has 2 amide bonds. The van der Waals surface area contributed by atoms with Crippen molar-refractivity contribution in [2.24, 2.45) is 0 Å².